The number of rotatable bonds is 9. The molecule has 0 aliphatic carbocycles. The van der Waals surface area contributed by atoms with E-state index < -0.39 is 5.54 Å². The Morgan fingerprint density at radius 3 is 2.28 bits per heavy atom. The standard InChI is InChI=1S/C22H31N3O2.2ClH/c1-5-25(6-2)20(17-11-10-14-19(15-17)27-4)16-24-21(26)22(3,23)18-12-8-7-9-13-18;;/h7-15,20H,5-6,16,23H2,1-4H3,(H,24,26);2*1H. The van der Waals surface area contributed by atoms with E-state index in [4.69, 9.17) is 10.5 Å². The van der Waals surface area contributed by atoms with Crippen LogP contribution in [-0.2, 0) is 10.3 Å². The van der Waals surface area contributed by atoms with E-state index in [0.29, 0.717) is 6.54 Å². The molecule has 2 aromatic rings. The molecule has 0 saturated heterocycles. The largest absolute Gasteiger partial charge is 0.497 e. The van der Waals surface area contributed by atoms with Gasteiger partial charge in [0.25, 0.3) is 0 Å². The quantitative estimate of drug-likeness (QED) is 0.618. The summed E-state index contributed by atoms with van der Waals surface area (Å²) in [7, 11) is 1.66. The first-order chi connectivity index (χ1) is 12.9. The molecule has 7 heteroatoms. The second kappa shape index (κ2) is 12.7. The summed E-state index contributed by atoms with van der Waals surface area (Å²) in [6.07, 6.45) is 0. The number of nitrogens with one attached hydrogen (secondary N) is 1. The molecule has 3 N–H and O–H groups in total. The molecule has 2 unspecified atom stereocenters. The summed E-state index contributed by atoms with van der Waals surface area (Å²) in [5, 5.41) is 3.06. The highest BCUT2D eigenvalue weighted by Crippen LogP contribution is 2.24. The van der Waals surface area contributed by atoms with Crippen LogP contribution in [0, 0.1) is 0 Å². The number of methoxy groups -OCH3 is 1. The third-order valence-electron chi connectivity index (χ3n) is 5.03. The van der Waals surface area contributed by atoms with Gasteiger partial charge in [-0.25, -0.2) is 0 Å². The lowest BCUT2D eigenvalue weighted by molar-refractivity contribution is -0.126. The van der Waals surface area contributed by atoms with Crippen molar-refractivity contribution >= 4 is 30.7 Å². The molecule has 0 radical (unpaired) electrons. The minimum atomic E-state index is -1.08. The molecule has 162 valence electrons. The highest BCUT2D eigenvalue weighted by molar-refractivity contribution is 5.87. The van der Waals surface area contributed by atoms with Crippen LogP contribution >= 0.6 is 24.8 Å². The van der Waals surface area contributed by atoms with Crippen molar-refractivity contribution in [3.05, 3.63) is 65.7 Å². The lowest BCUT2D eigenvalue weighted by Gasteiger charge is -2.32. The highest BCUT2D eigenvalue weighted by atomic mass is 35.5. The van der Waals surface area contributed by atoms with Gasteiger partial charge in [0.05, 0.1) is 13.2 Å². The van der Waals surface area contributed by atoms with Crippen molar-refractivity contribution in [2.24, 2.45) is 5.73 Å². The average Bonchev–Trinajstić information content (AvgIpc) is 2.71. The van der Waals surface area contributed by atoms with Gasteiger partial charge in [0.15, 0.2) is 0 Å². The molecule has 29 heavy (non-hydrogen) atoms. The molecular weight excluding hydrogens is 409 g/mol. The number of halogens is 2. The molecule has 0 heterocycles. The second-order valence-corrected chi connectivity index (χ2v) is 6.79. The summed E-state index contributed by atoms with van der Waals surface area (Å²) >= 11 is 0. The Morgan fingerprint density at radius 2 is 1.72 bits per heavy atom. The van der Waals surface area contributed by atoms with Gasteiger partial charge in [-0.2, -0.15) is 0 Å². The van der Waals surface area contributed by atoms with Crippen LogP contribution in [-0.4, -0.2) is 37.6 Å². The predicted molar refractivity (Wildman–Crippen MR) is 124 cm³/mol. The van der Waals surface area contributed by atoms with Crippen molar-refractivity contribution in [1.82, 2.24) is 10.2 Å². The van der Waals surface area contributed by atoms with Crippen molar-refractivity contribution in [3.8, 4) is 5.75 Å². The second-order valence-electron chi connectivity index (χ2n) is 6.79. The molecule has 1 amide bonds. The van der Waals surface area contributed by atoms with E-state index in [0.717, 1.165) is 30.0 Å². The number of hydrogen-bond donors (Lipinski definition) is 2. The minimum Gasteiger partial charge on any atom is -0.497 e. The first-order valence-corrected chi connectivity index (χ1v) is 9.44. The smallest absolute Gasteiger partial charge is 0.244 e. The SMILES string of the molecule is CCN(CC)C(CNC(=O)C(C)(N)c1ccccc1)c1cccc(OC)c1.Cl.Cl. The van der Waals surface area contributed by atoms with Crippen LogP contribution < -0.4 is 15.8 Å². The fourth-order valence-electron chi connectivity index (χ4n) is 3.26. The van der Waals surface area contributed by atoms with Crippen molar-refractivity contribution in [1.29, 1.82) is 0 Å². The van der Waals surface area contributed by atoms with Crippen LogP contribution in [0.15, 0.2) is 54.6 Å². The van der Waals surface area contributed by atoms with Gasteiger partial charge >= 0.3 is 0 Å². The lowest BCUT2D eigenvalue weighted by Crippen LogP contribution is -2.51. The molecule has 0 spiro atoms. The van der Waals surface area contributed by atoms with Crippen LogP contribution in [0.2, 0.25) is 0 Å². The topological polar surface area (TPSA) is 67.6 Å². The maximum atomic E-state index is 12.8. The first kappa shape index (κ1) is 27.2. The van der Waals surface area contributed by atoms with Gasteiger partial charge in [0.1, 0.15) is 11.3 Å². The molecule has 0 fully saturated rings. The van der Waals surface area contributed by atoms with Gasteiger partial charge in [-0.05, 0) is 43.3 Å². The molecular formula is C22H33Cl2N3O2. The predicted octanol–water partition coefficient (Wildman–Crippen LogP) is 3.91. The summed E-state index contributed by atoms with van der Waals surface area (Å²) in [5.41, 5.74) is 7.17. The summed E-state index contributed by atoms with van der Waals surface area (Å²) in [6.45, 7) is 8.23. The number of hydrogen-bond acceptors (Lipinski definition) is 4. The fourth-order valence-corrected chi connectivity index (χ4v) is 3.26. The van der Waals surface area contributed by atoms with Crippen LogP contribution in [0.5, 0.6) is 5.75 Å². The number of carbonyl (C=O) groups excluding carboxylic acids is 1. The Hall–Kier alpha value is -1.79. The van der Waals surface area contributed by atoms with Crippen LogP contribution in [0.3, 0.4) is 0 Å². The number of nitrogens with zero attached hydrogens (tertiary/aromatic N) is 1. The van der Waals surface area contributed by atoms with E-state index in [2.05, 4.69) is 30.1 Å². The number of ether oxygens (including phenoxy) is 1. The van der Waals surface area contributed by atoms with E-state index in [1.165, 1.54) is 0 Å². The zero-order valence-electron chi connectivity index (χ0n) is 17.6. The summed E-state index contributed by atoms with van der Waals surface area (Å²) in [6, 6.07) is 17.5. The monoisotopic (exact) mass is 441 g/mol. The van der Waals surface area contributed by atoms with Crippen molar-refractivity contribution in [2.75, 3.05) is 26.7 Å². The maximum absolute atomic E-state index is 12.8. The van der Waals surface area contributed by atoms with E-state index in [1.807, 2.05) is 48.5 Å². The number of amides is 1. The highest BCUT2D eigenvalue weighted by Gasteiger charge is 2.31. The van der Waals surface area contributed by atoms with Crippen molar-refractivity contribution in [3.63, 3.8) is 0 Å². The molecule has 2 aromatic carbocycles. The van der Waals surface area contributed by atoms with Crippen molar-refractivity contribution in [2.45, 2.75) is 32.4 Å². The van der Waals surface area contributed by atoms with Crippen LogP contribution in [0.1, 0.15) is 37.9 Å². The average molecular weight is 442 g/mol. The zero-order valence-corrected chi connectivity index (χ0v) is 19.2. The van der Waals surface area contributed by atoms with Gasteiger partial charge < -0.3 is 15.8 Å². The normalized spacial score (nSPS) is 13.4. The minimum absolute atomic E-state index is 0. The Balaban J connectivity index is 0.00000392. The molecule has 0 saturated carbocycles. The van der Waals surface area contributed by atoms with Gasteiger partial charge in [-0.1, -0.05) is 56.3 Å². The molecule has 0 aromatic heterocycles. The molecule has 2 rings (SSSR count). The van der Waals surface area contributed by atoms with E-state index >= 15 is 0 Å². The summed E-state index contributed by atoms with van der Waals surface area (Å²) in [4.78, 5) is 15.2. The Bertz CT molecular complexity index is 738. The number of nitrogens with two attached hydrogens (primary N) is 1. The zero-order chi connectivity index (χ0) is 19.9. The van der Waals surface area contributed by atoms with Crippen LogP contribution in [0.4, 0.5) is 0 Å². The number of carbonyl (C=O) groups is 1. The molecule has 2 atom stereocenters. The third-order valence-corrected chi connectivity index (χ3v) is 5.03. The Labute approximate surface area is 186 Å². The molecule has 5 nitrogen and oxygen atoms in total. The van der Waals surface area contributed by atoms with Crippen LogP contribution in [0.25, 0.3) is 0 Å². The molecule has 0 aliphatic rings. The fraction of sp³-hybridized carbons (Fsp3) is 0.409. The van der Waals surface area contributed by atoms with Gasteiger partial charge in [-0.3, -0.25) is 9.69 Å². The number of benzene rings is 2. The van der Waals surface area contributed by atoms with Gasteiger partial charge in [0, 0.05) is 6.54 Å². The van der Waals surface area contributed by atoms with Gasteiger partial charge in [-0.15, -0.1) is 24.8 Å². The Kier molecular flexibility index (Phi) is 11.9. The van der Waals surface area contributed by atoms with Crippen molar-refractivity contribution < 1.29 is 9.53 Å². The molecule has 0 bridgehead atoms. The van der Waals surface area contributed by atoms with E-state index in [9.17, 15) is 4.79 Å². The van der Waals surface area contributed by atoms with E-state index in [1.54, 1.807) is 14.0 Å². The number of likely N-dealkylation sites (N-methyl/N-ethyl adjacent to an activating group) is 1. The Morgan fingerprint density at radius 1 is 1.10 bits per heavy atom. The molecule has 0 aliphatic heterocycles. The first-order valence-electron chi connectivity index (χ1n) is 9.44. The lowest BCUT2D eigenvalue weighted by atomic mass is 9.92. The third kappa shape index (κ3) is 6.89. The van der Waals surface area contributed by atoms with E-state index in [-0.39, 0.29) is 36.8 Å². The summed E-state index contributed by atoms with van der Waals surface area (Å²) in [5.74, 6) is 0.623. The maximum Gasteiger partial charge on any atom is 0.244 e. The summed E-state index contributed by atoms with van der Waals surface area (Å²) < 4.78 is 5.36. The van der Waals surface area contributed by atoms with Gasteiger partial charge in [0.2, 0.25) is 5.91 Å².